The topological polar surface area (TPSA) is 50.8 Å². The first-order valence-corrected chi connectivity index (χ1v) is 11.1. The smallest absolute Gasteiger partial charge is 0.411 e. The van der Waals surface area contributed by atoms with Crippen LogP contribution in [0.1, 0.15) is 37.8 Å². The second-order valence-corrected chi connectivity index (χ2v) is 9.01. The first kappa shape index (κ1) is 24.3. The van der Waals surface area contributed by atoms with Gasteiger partial charge in [0.05, 0.1) is 12.6 Å². The minimum absolute atomic E-state index is 0. The number of hydrogen-bond acceptors (Lipinski definition) is 4. The Labute approximate surface area is 195 Å². The second kappa shape index (κ2) is 10.5. The summed E-state index contributed by atoms with van der Waals surface area (Å²) >= 11 is 0. The van der Waals surface area contributed by atoms with Gasteiger partial charge in [0.25, 0.3) is 0 Å². The number of carbonyl (C=O) groups is 1. The van der Waals surface area contributed by atoms with Crippen LogP contribution in [0.15, 0.2) is 48.5 Å². The number of ether oxygens (including phenoxy) is 2. The van der Waals surface area contributed by atoms with Crippen molar-refractivity contribution in [3.8, 4) is 5.75 Å². The lowest BCUT2D eigenvalue weighted by molar-refractivity contribution is 0.00721. The molecule has 2 aromatic rings. The monoisotopic (exact) mass is 462 g/mol. The van der Waals surface area contributed by atoms with Gasteiger partial charge in [-0.1, -0.05) is 38.1 Å². The van der Waals surface area contributed by atoms with E-state index in [1.165, 1.54) is 12.1 Å². The summed E-state index contributed by atoms with van der Waals surface area (Å²) < 4.78 is 25.2. The van der Waals surface area contributed by atoms with Crippen molar-refractivity contribution in [3.63, 3.8) is 0 Å². The maximum Gasteiger partial charge on any atom is 0.411 e. The maximum atomic E-state index is 13.4. The van der Waals surface area contributed by atoms with Crippen LogP contribution in [0.2, 0.25) is 0 Å². The largest absolute Gasteiger partial charge is 0.493 e. The maximum absolute atomic E-state index is 13.4. The Kier molecular flexibility index (Phi) is 8.01. The SMILES string of the molecule is CC(C)COc1ccc(CN2C(=O)OC3(CCNCC3)C2Cc2ccc(F)cc2)cc1.Cl. The Hall–Kier alpha value is -2.31. The highest BCUT2D eigenvalue weighted by Gasteiger charge is 2.53. The fourth-order valence-corrected chi connectivity index (χ4v) is 4.46. The summed E-state index contributed by atoms with van der Waals surface area (Å²) in [6.45, 7) is 7.03. The molecule has 4 rings (SSSR count). The molecule has 174 valence electrons. The van der Waals surface area contributed by atoms with Crippen molar-refractivity contribution >= 4 is 18.5 Å². The predicted molar refractivity (Wildman–Crippen MR) is 125 cm³/mol. The molecular weight excluding hydrogens is 431 g/mol. The molecule has 2 heterocycles. The normalized spacial score (nSPS) is 19.7. The average Bonchev–Trinajstić information content (AvgIpc) is 3.00. The number of hydrogen-bond donors (Lipinski definition) is 1. The molecule has 2 saturated heterocycles. The summed E-state index contributed by atoms with van der Waals surface area (Å²) in [5, 5.41) is 3.36. The Morgan fingerprint density at radius 2 is 1.72 bits per heavy atom. The van der Waals surface area contributed by atoms with Gasteiger partial charge in [-0.3, -0.25) is 4.90 Å². The molecule has 1 amide bonds. The lowest BCUT2D eigenvalue weighted by Gasteiger charge is -2.38. The summed E-state index contributed by atoms with van der Waals surface area (Å²) in [4.78, 5) is 14.8. The molecule has 1 N–H and O–H groups in total. The van der Waals surface area contributed by atoms with Crippen molar-refractivity contribution in [2.24, 2.45) is 5.92 Å². The molecule has 2 aliphatic heterocycles. The van der Waals surface area contributed by atoms with E-state index in [1.807, 2.05) is 29.2 Å². The van der Waals surface area contributed by atoms with Crippen molar-refractivity contribution in [2.45, 2.75) is 51.3 Å². The standard InChI is InChI=1S/C25H31FN2O3.ClH/c1-18(2)17-30-22-9-5-20(6-10-22)16-28-23(15-19-3-7-21(26)8-4-19)25(31-24(28)29)11-13-27-14-12-25;/h3-10,18,23,27H,11-17H2,1-2H3;1H. The van der Waals surface area contributed by atoms with Gasteiger partial charge in [0.15, 0.2) is 0 Å². The number of carbonyl (C=O) groups excluding carboxylic acids is 1. The highest BCUT2D eigenvalue weighted by Crippen LogP contribution is 2.39. The number of nitrogens with zero attached hydrogens (tertiary/aromatic N) is 1. The lowest BCUT2D eigenvalue weighted by atomic mass is 9.81. The van der Waals surface area contributed by atoms with Gasteiger partial charge in [0.2, 0.25) is 0 Å². The van der Waals surface area contributed by atoms with E-state index in [0.29, 0.717) is 25.5 Å². The Morgan fingerprint density at radius 1 is 1.09 bits per heavy atom. The number of benzene rings is 2. The molecule has 0 radical (unpaired) electrons. The van der Waals surface area contributed by atoms with Gasteiger partial charge < -0.3 is 14.8 Å². The summed E-state index contributed by atoms with van der Waals surface area (Å²) in [6.07, 6.45) is 1.93. The third-order valence-corrected chi connectivity index (χ3v) is 6.16. The van der Waals surface area contributed by atoms with Crippen LogP contribution in [-0.2, 0) is 17.7 Å². The van der Waals surface area contributed by atoms with Crippen molar-refractivity contribution in [1.82, 2.24) is 10.2 Å². The fraction of sp³-hybridized carbons (Fsp3) is 0.480. The predicted octanol–water partition coefficient (Wildman–Crippen LogP) is 4.97. The van der Waals surface area contributed by atoms with Gasteiger partial charge in [-0.05, 0) is 60.8 Å². The zero-order valence-corrected chi connectivity index (χ0v) is 19.5. The lowest BCUT2D eigenvalue weighted by Crippen LogP contribution is -2.52. The molecule has 1 spiro atoms. The number of piperidine rings is 1. The Bertz CT molecular complexity index is 883. The molecule has 0 bridgehead atoms. The third-order valence-electron chi connectivity index (χ3n) is 6.16. The zero-order valence-electron chi connectivity index (χ0n) is 18.7. The first-order chi connectivity index (χ1) is 14.9. The van der Waals surface area contributed by atoms with E-state index in [2.05, 4.69) is 19.2 Å². The number of amides is 1. The number of rotatable bonds is 7. The highest BCUT2D eigenvalue weighted by molar-refractivity contribution is 5.85. The molecular formula is C25H32ClFN2O3. The molecule has 2 aliphatic rings. The summed E-state index contributed by atoms with van der Waals surface area (Å²) in [6, 6.07) is 14.4. The highest BCUT2D eigenvalue weighted by atomic mass is 35.5. The van der Waals surface area contributed by atoms with E-state index < -0.39 is 5.60 Å². The van der Waals surface area contributed by atoms with Gasteiger partial charge in [0.1, 0.15) is 17.2 Å². The van der Waals surface area contributed by atoms with Crippen LogP contribution in [0.3, 0.4) is 0 Å². The number of halogens is 2. The third kappa shape index (κ3) is 5.54. The zero-order chi connectivity index (χ0) is 21.8. The summed E-state index contributed by atoms with van der Waals surface area (Å²) in [5.41, 5.74) is 1.53. The van der Waals surface area contributed by atoms with Crippen LogP contribution in [0.25, 0.3) is 0 Å². The molecule has 0 aromatic heterocycles. The average molecular weight is 463 g/mol. The van der Waals surface area contributed by atoms with Crippen molar-refractivity contribution < 1.29 is 18.7 Å². The van der Waals surface area contributed by atoms with E-state index >= 15 is 0 Å². The molecule has 5 nitrogen and oxygen atoms in total. The van der Waals surface area contributed by atoms with Gasteiger partial charge in [0, 0.05) is 19.4 Å². The molecule has 0 saturated carbocycles. The van der Waals surface area contributed by atoms with Crippen molar-refractivity contribution in [3.05, 3.63) is 65.5 Å². The minimum atomic E-state index is -0.503. The van der Waals surface area contributed by atoms with Gasteiger partial charge >= 0.3 is 6.09 Å². The van der Waals surface area contributed by atoms with Gasteiger partial charge in [-0.15, -0.1) is 12.4 Å². The number of nitrogens with one attached hydrogen (secondary N) is 1. The van der Waals surface area contributed by atoms with Crippen LogP contribution in [0, 0.1) is 11.7 Å². The van der Waals surface area contributed by atoms with E-state index in [9.17, 15) is 9.18 Å². The van der Waals surface area contributed by atoms with Crippen LogP contribution in [0.4, 0.5) is 9.18 Å². The quantitative estimate of drug-likeness (QED) is 0.631. The molecule has 32 heavy (non-hydrogen) atoms. The Morgan fingerprint density at radius 3 is 2.34 bits per heavy atom. The van der Waals surface area contributed by atoms with Gasteiger partial charge in [-0.2, -0.15) is 0 Å². The molecule has 2 aromatic carbocycles. The molecule has 7 heteroatoms. The molecule has 1 unspecified atom stereocenters. The van der Waals surface area contributed by atoms with Gasteiger partial charge in [-0.25, -0.2) is 9.18 Å². The minimum Gasteiger partial charge on any atom is -0.493 e. The van der Waals surface area contributed by atoms with Crippen molar-refractivity contribution in [1.29, 1.82) is 0 Å². The molecule has 2 fully saturated rings. The fourth-order valence-electron chi connectivity index (χ4n) is 4.46. The van der Waals surface area contributed by atoms with Crippen LogP contribution >= 0.6 is 12.4 Å². The van der Waals surface area contributed by atoms with Crippen LogP contribution < -0.4 is 10.1 Å². The molecule has 1 atom stereocenters. The van der Waals surface area contributed by atoms with E-state index in [0.717, 1.165) is 42.8 Å². The second-order valence-electron chi connectivity index (χ2n) is 9.01. The Balaban J connectivity index is 0.00000289. The summed E-state index contributed by atoms with van der Waals surface area (Å²) in [7, 11) is 0. The van der Waals surface area contributed by atoms with E-state index in [-0.39, 0.29) is 30.4 Å². The first-order valence-electron chi connectivity index (χ1n) is 11.1. The molecule has 0 aliphatic carbocycles. The van der Waals surface area contributed by atoms with Crippen LogP contribution in [-0.4, -0.2) is 42.3 Å². The van der Waals surface area contributed by atoms with Crippen molar-refractivity contribution in [2.75, 3.05) is 19.7 Å². The van der Waals surface area contributed by atoms with Crippen LogP contribution in [0.5, 0.6) is 5.75 Å². The van der Waals surface area contributed by atoms with E-state index in [4.69, 9.17) is 9.47 Å². The summed E-state index contributed by atoms with van der Waals surface area (Å²) in [5.74, 6) is 1.04. The van der Waals surface area contributed by atoms with E-state index in [1.54, 1.807) is 12.1 Å².